The van der Waals surface area contributed by atoms with Crippen LogP contribution in [0.3, 0.4) is 0 Å². The number of amides is 1. The maximum Gasteiger partial charge on any atom is 0.270 e. The summed E-state index contributed by atoms with van der Waals surface area (Å²) in [5.41, 5.74) is 4.51. The number of ether oxygens (including phenoxy) is 1. The number of carbonyl (C=O) groups excluding carboxylic acids is 1. The Balaban J connectivity index is 1.67. The molecule has 1 amide bonds. The maximum atomic E-state index is 12.9. The highest BCUT2D eigenvalue weighted by Crippen LogP contribution is 2.36. The van der Waals surface area contributed by atoms with E-state index in [1.54, 1.807) is 41.0 Å². The second-order valence-corrected chi connectivity index (χ2v) is 8.39. The molecule has 1 aliphatic heterocycles. The molecule has 2 N–H and O–H groups in total. The van der Waals surface area contributed by atoms with Gasteiger partial charge in [0.25, 0.3) is 5.91 Å². The molecule has 3 aromatic heterocycles. The van der Waals surface area contributed by atoms with Crippen LogP contribution in [0.2, 0.25) is 5.15 Å². The fraction of sp³-hybridized carbons (Fsp3) is 0.208. The molecule has 170 valence electrons. The lowest BCUT2D eigenvalue weighted by atomic mass is 10.00. The van der Waals surface area contributed by atoms with E-state index < -0.39 is 18.1 Å². The van der Waals surface area contributed by atoms with Gasteiger partial charge < -0.3 is 15.2 Å². The third-order valence-corrected chi connectivity index (χ3v) is 5.75. The van der Waals surface area contributed by atoms with Gasteiger partial charge in [0, 0.05) is 17.5 Å². The van der Waals surface area contributed by atoms with E-state index in [1.807, 2.05) is 19.1 Å². The SMILES string of the molecule is Cc1cc(-c2c(-c3cccc(C#N)c3)nn3ccc(C(=O)N[C@H]4COC[C@H]4O)nc23)cc(Cl)n1. The third kappa shape index (κ3) is 4.10. The van der Waals surface area contributed by atoms with Crippen molar-refractivity contribution in [2.24, 2.45) is 0 Å². The number of hydrogen-bond acceptors (Lipinski definition) is 7. The lowest BCUT2D eigenvalue weighted by molar-refractivity contribution is 0.0881. The van der Waals surface area contributed by atoms with Gasteiger partial charge in [0.15, 0.2) is 5.65 Å². The summed E-state index contributed by atoms with van der Waals surface area (Å²) >= 11 is 6.25. The summed E-state index contributed by atoms with van der Waals surface area (Å²) in [6, 6.07) is 13.9. The Hall–Kier alpha value is -3.84. The van der Waals surface area contributed by atoms with E-state index in [1.165, 1.54) is 0 Å². The van der Waals surface area contributed by atoms with Crippen molar-refractivity contribution in [2.45, 2.75) is 19.1 Å². The van der Waals surface area contributed by atoms with Crippen LogP contribution in [-0.4, -0.2) is 56.0 Å². The quantitative estimate of drug-likeness (QED) is 0.435. The van der Waals surface area contributed by atoms with Gasteiger partial charge in [-0.1, -0.05) is 23.7 Å². The van der Waals surface area contributed by atoms with Gasteiger partial charge in [-0.25, -0.2) is 14.5 Å². The molecule has 1 aromatic carbocycles. The van der Waals surface area contributed by atoms with Crippen LogP contribution in [0.4, 0.5) is 0 Å². The highest BCUT2D eigenvalue weighted by atomic mass is 35.5. The number of carbonyl (C=O) groups is 1. The van der Waals surface area contributed by atoms with E-state index in [-0.39, 0.29) is 18.9 Å². The van der Waals surface area contributed by atoms with E-state index in [9.17, 15) is 15.2 Å². The van der Waals surface area contributed by atoms with Crippen LogP contribution >= 0.6 is 11.6 Å². The highest BCUT2D eigenvalue weighted by Gasteiger charge is 2.28. The van der Waals surface area contributed by atoms with E-state index in [0.29, 0.717) is 33.3 Å². The fourth-order valence-electron chi connectivity index (χ4n) is 3.96. The summed E-state index contributed by atoms with van der Waals surface area (Å²) in [5, 5.41) is 27.1. The summed E-state index contributed by atoms with van der Waals surface area (Å²) in [4.78, 5) is 21.7. The van der Waals surface area contributed by atoms with E-state index >= 15 is 0 Å². The van der Waals surface area contributed by atoms with Crippen molar-refractivity contribution in [2.75, 3.05) is 13.2 Å². The number of nitrogens with zero attached hydrogens (tertiary/aromatic N) is 5. The van der Waals surface area contributed by atoms with Gasteiger partial charge >= 0.3 is 0 Å². The van der Waals surface area contributed by atoms with Crippen LogP contribution in [0, 0.1) is 18.3 Å². The van der Waals surface area contributed by atoms with Gasteiger partial charge in [0.1, 0.15) is 16.5 Å². The maximum absolute atomic E-state index is 12.9. The minimum Gasteiger partial charge on any atom is -0.388 e. The first-order valence-electron chi connectivity index (χ1n) is 10.5. The zero-order valence-electron chi connectivity index (χ0n) is 18.1. The van der Waals surface area contributed by atoms with Gasteiger partial charge in [0.2, 0.25) is 0 Å². The predicted octanol–water partition coefficient (Wildman–Crippen LogP) is 2.78. The van der Waals surface area contributed by atoms with Gasteiger partial charge in [-0.3, -0.25) is 4.79 Å². The Morgan fingerprint density at radius 2 is 2.09 bits per heavy atom. The molecule has 0 aliphatic carbocycles. The molecule has 5 rings (SSSR count). The molecule has 4 aromatic rings. The smallest absolute Gasteiger partial charge is 0.270 e. The van der Waals surface area contributed by atoms with Gasteiger partial charge in [-0.05, 0) is 42.8 Å². The average molecular weight is 475 g/mol. The fourth-order valence-corrected chi connectivity index (χ4v) is 4.21. The van der Waals surface area contributed by atoms with E-state index in [2.05, 4.69) is 21.4 Å². The number of nitrogens with one attached hydrogen (secondary N) is 1. The van der Waals surface area contributed by atoms with Crippen LogP contribution in [0.15, 0.2) is 48.7 Å². The molecule has 0 unspecified atom stereocenters. The van der Waals surface area contributed by atoms with Crippen molar-refractivity contribution in [3.05, 3.63) is 70.8 Å². The Morgan fingerprint density at radius 3 is 2.82 bits per heavy atom. The number of rotatable bonds is 4. The Bertz CT molecular complexity index is 1440. The zero-order chi connectivity index (χ0) is 23.8. The summed E-state index contributed by atoms with van der Waals surface area (Å²) < 4.78 is 6.79. The summed E-state index contributed by atoms with van der Waals surface area (Å²) in [5.74, 6) is -0.429. The average Bonchev–Trinajstić information content (AvgIpc) is 3.41. The number of halogens is 1. The molecular formula is C24H19ClN6O3. The van der Waals surface area contributed by atoms with Crippen LogP contribution in [0.1, 0.15) is 21.7 Å². The summed E-state index contributed by atoms with van der Waals surface area (Å²) in [6.07, 6.45) is 0.884. The van der Waals surface area contributed by atoms with E-state index in [4.69, 9.17) is 21.4 Å². The molecular weight excluding hydrogens is 456 g/mol. The third-order valence-electron chi connectivity index (χ3n) is 5.56. The number of aliphatic hydroxyl groups excluding tert-OH is 1. The lowest BCUT2D eigenvalue weighted by Gasteiger charge is -2.14. The molecule has 9 nitrogen and oxygen atoms in total. The van der Waals surface area contributed by atoms with Gasteiger partial charge in [0.05, 0.1) is 42.6 Å². The van der Waals surface area contributed by atoms with Crippen LogP contribution in [0.25, 0.3) is 28.0 Å². The molecule has 0 saturated carbocycles. The normalized spacial score (nSPS) is 17.6. The van der Waals surface area contributed by atoms with Crippen molar-refractivity contribution in [1.29, 1.82) is 5.26 Å². The topological polar surface area (TPSA) is 125 Å². The number of pyridine rings is 1. The largest absolute Gasteiger partial charge is 0.388 e. The van der Waals surface area contributed by atoms with E-state index in [0.717, 1.165) is 11.1 Å². The lowest BCUT2D eigenvalue weighted by Crippen LogP contribution is -2.42. The van der Waals surface area contributed by atoms with Gasteiger partial charge in [-0.15, -0.1) is 0 Å². The number of hydrogen-bond donors (Lipinski definition) is 2. The van der Waals surface area contributed by atoms with Crippen molar-refractivity contribution >= 4 is 23.2 Å². The number of aromatic nitrogens is 4. The highest BCUT2D eigenvalue weighted by molar-refractivity contribution is 6.29. The first kappa shape index (κ1) is 22.0. The molecule has 1 aliphatic rings. The molecule has 1 saturated heterocycles. The first-order chi connectivity index (χ1) is 16.4. The van der Waals surface area contributed by atoms with Gasteiger partial charge in [-0.2, -0.15) is 10.4 Å². The van der Waals surface area contributed by atoms with Crippen LogP contribution in [0.5, 0.6) is 0 Å². The minimum atomic E-state index is -0.765. The van der Waals surface area contributed by atoms with Crippen molar-refractivity contribution in [3.63, 3.8) is 0 Å². The second-order valence-electron chi connectivity index (χ2n) is 8.00. The van der Waals surface area contributed by atoms with Crippen molar-refractivity contribution in [3.8, 4) is 28.5 Å². The zero-order valence-corrected chi connectivity index (χ0v) is 18.8. The number of nitriles is 1. The molecule has 10 heteroatoms. The molecule has 0 radical (unpaired) electrons. The molecule has 2 atom stereocenters. The van der Waals surface area contributed by atoms with Crippen LogP contribution < -0.4 is 5.32 Å². The second kappa shape index (κ2) is 8.83. The van der Waals surface area contributed by atoms with Crippen molar-refractivity contribution in [1.82, 2.24) is 24.9 Å². The monoisotopic (exact) mass is 474 g/mol. The molecule has 0 spiro atoms. The predicted molar refractivity (Wildman–Crippen MR) is 124 cm³/mol. The van der Waals surface area contributed by atoms with Crippen molar-refractivity contribution < 1.29 is 14.6 Å². The number of benzene rings is 1. The Labute approximate surface area is 199 Å². The van der Waals surface area contributed by atoms with Crippen LogP contribution in [-0.2, 0) is 4.74 Å². The molecule has 1 fully saturated rings. The Morgan fingerprint density at radius 1 is 1.24 bits per heavy atom. The standard InChI is InChI=1S/C24H19ClN6O3/c1-13-7-16(9-20(25)27-13)21-22(15-4-2-3-14(8-15)10-26)30-31-6-5-17(28-23(21)31)24(33)29-18-11-34-12-19(18)32/h2-9,18-19,32H,11-12H2,1H3,(H,29,33)/t18-,19+/m0/s1. The molecule has 34 heavy (non-hydrogen) atoms. The molecule has 0 bridgehead atoms. The minimum absolute atomic E-state index is 0.168. The number of aryl methyl sites for hydroxylation is 1. The molecule has 4 heterocycles. The summed E-state index contributed by atoms with van der Waals surface area (Å²) in [6.45, 7) is 2.25. The number of aliphatic hydroxyl groups is 1. The first-order valence-corrected chi connectivity index (χ1v) is 10.9. The summed E-state index contributed by atoms with van der Waals surface area (Å²) in [7, 11) is 0. The number of fused-ring (bicyclic) bond motifs is 1. The Kier molecular flexibility index (Phi) is 5.71.